The fraction of sp³-hybridized carbons (Fsp3) is 0.200. The highest BCUT2D eigenvalue weighted by molar-refractivity contribution is 5.83. The number of rotatable bonds is 2. The number of nitrogens with one attached hydrogen (secondary N) is 1. The molecule has 2 rings (SSSR count). The standard InChI is InChI=1S/C10H12N2O/c1-13-10(11)8-6-12-9-5-3-2-4-7(8)9/h2-6,10,12H,11H2,1H3. The average Bonchev–Trinajstić information content (AvgIpc) is 2.60. The molecule has 0 radical (unpaired) electrons. The molecule has 3 N–H and O–H groups in total. The molecule has 0 amide bonds. The summed E-state index contributed by atoms with van der Waals surface area (Å²) in [4.78, 5) is 3.14. The van der Waals surface area contributed by atoms with E-state index in [9.17, 15) is 0 Å². The van der Waals surface area contributed by atoms with Gasteiger partial charge in [0.05, 0.1) is 0 Å². The van der Waals surface area contributed by atoms with Crippen molar-refractivity contribution in [2.24, 2.45) is 5.73 Å². The predicted molar refractivity (Wildman–Crippen MR) is 52.2 cm³/mol. The van der Waals surface area contributed by atoms with Gasteiger partial charge in [0.1, 0.15) is 6.23 Å². The summed E-state index contributed by atoms with van der Waals surface area (Å²) >= 11 is 0. The van der Waals surface area contributed by atoms with Crippen molar-refractivity contribution >= 4 is 10.9 Å². The van der Waals surface area contributed by atoms with Gasteiger partial charge >= 0.3 is 0 Å². The highest BCUT2D eigenvalue weighted by Crippen LogP contribution is 2.22. The Morgan fingerprint density at radius 3 is 2.92 bits per heavy atom. The molecule has 0 aliphatic heterocycles. The van der Waals surface area contributed by atoms with Crippen LogP contribution in [0.1, 0.15) is 11.8 Å². The first kappa shape index (κ1) is 8.29. The molecule has 3 nitrogen and oxygen atoms in total. The zero-order valence-corrected chi connectivity index (χ0v) is 7.45. The molecule has 1 atom stereocenters. The largest absolute Gasteiger partial charge is 0.362 e. The molecular weight excluding hydrogens is 164 g/mol. The molecule has 0 fully saturated rings. The van der Waals surface area contributed by atoms with Gasteiger partial charge in [0, 0.05) is 29.8 Å². The molecule has 0 saturated carbocycles. The van der Waals surface area contributed by atoms with Gasteiger partial charge in [-0.25, -0.2) is 0 Å². The number of benzene rings is 1. The van der Waals surface area contributed by atoms with E-state index in [1.807, 2.05) is 30.5 Å². The second-order valence-corrected chi connectivity index (χ2v) is 2.95. The van der Waals surface area contributed by atoms with Crippen LogP contribution in [0.2, 0.25) is 0 Å². The number of H-pyrrole nitrogens is 1. The lowest BCUT2D eigenvalue weighted by atomic mass is 10.1. The van der Waals surface area contributed by atoms with Crippen LogP contribution in [-0.2, 0) is 4.74 Å². The Hall–Kier alpha value is -1.32. The van der Waals surface area contributed by atoms with Crippen LogP contribution in [0, 0.1) is 0 Å². The van der Waals surface area contributed by atoms with Crippen molar-refractivity contribution in [3.05, 3.63) is 36.0 Å². The van der Waals surface area contributed by atoms with Gasteiger partial charge in [-0.15, -0.1) is 0 Å². The Balaban J connectivity index is 2.57. The normalized spacial score (nSPS) is 13.4. The second-order valence-electron chi connectivity index (χ2n) is 2.95. The third-order valence-corrected chi connectivity index (χ3v) is 2.18. The molecule has 13 heavy (non-hydrogen) atoms. The van der Waals surface area contributed by atoms with Crippen LogP contribution in [0.3, 0.4) is 0 Å². The van der Waals surface area contributed by atoms with Crippen molar-refractivity contribution in [2.45, 2.75) is 6.23 Å². The monoisotopic (exact) mass is 176 g/mol. The Morgan fingerprint density at radius 2 is 2.15 bits per heavy atom. The van der Waals surface area contributed by atoms with Crippen molar-refractivity contribution in [3.63, 3.8) is 0 Å². The minimum Gasteiger partial charge on any atom is -0.362 e. The van der Waals surface area contributed by atoms with Crippen LogP contribution in [0.4, 0.5) is 0 Å². The Bertz CT molecular complexity index is 408. The minimum atomic E-state index is -0.351. The number of ether oxygens (including phenoxy) is 1. The molecule has 0 aliphatic carbocycles. The molecule has 2 aromatic rings. The third-order valence-electron chi connectivity index (χ3n) is 2.18. The molecule has 0 bridgehead atoms. The van der Waals surface area contributed by atoms with Crippen molar-refractivity contribution in [3.8, 4) is 0 Å². The highest BCUT2D eigenvalue weighted by Gasteiger charge is 2.09. The predicted octanol–water partition coefficient (Wildman–Crippen LogP) is 1.77. The summed E-state index contributed by atoms with van der Waals surface area (Å²) in [5.41, 5.74) is 7.85. The van der Waals surface area contributed by atoms with Crippen molar-refractivity contribution in [2.75, 3.05) is 7.11 Å². The molecule has 1 heterocycles. The van der Waals surface area contributed by atoms with Gasteiger partial charge in [0.25, 0.3) is 0 Å². The average molecular weight is 176 g/mol. The van der Waals surface area contributed by atoms with Crippen LogP contribution in [0.25, 0.3) is 10.9 Å². The van der Waals surface area contributed by atoms with Crippen LogP contribution in [0.15, 0.2) is 30.5 Å². The van der Waals surface area contributed by atoms with Crippen LogP contribution in [-0.4, -0.2) is 12.1 Å². The molecule has 0 spiro atoms. The Kier molecular flexibility index (Phi) is 2.04. The number of para-hydroxylation sites is 1. The fourth-order valence-electron chi connectivity index (χ4n) is 1.46. The molecule has 1 aromatic carbocycles. The third kappa shape index (κ3) is 1.32. The van der Waals surface area contributed by atoms with Gasteiger partial charge < -0.3 is 15.5 Å². The lowest BCUT2D eigenvalue weighted by Crippen LogP contribution is -2.11. The molecule has 3 heteroatoms. The zero-order valence-electron chi connectivity index (χ0n) is 7.45. The molecule has 68 valence electrons. The van der Waals surface area contributed by atoms with E-state index in [1.165, 1.54) is 0 Å². The summed E-state index contributed by atoms with van der Waals surface area (Å²) in [5, 5.41) is 1.12. The highest BCUT2D eigenvalue weighted by atomic mass is 16.5. The number of nitrogens with two attached hydrogens (primary N) is 1. The van der Waals surface area contributed by atoms with E-state index in [0.29, 0.717) is 0 Å². The topological polar surface area (TPSA) is 51.0 Å². The van der Waals surface area contributed by atoms with Crippen molar-refractivity contribution in [1.29, 1.82) is 0 Å². The first-order valence-corrected chi connectivity index (χ1v) is 4.17. The molecule has 1 unspecified atom stereocenters. The van der Waals surface area contributed by atoms with Crippen molar-refractivity contribution < 1.29 is 4.74 Å². The van der Waals surface area contributed by atoms with Crippen LogP contribution >= 0.6 is 0 Å². The Morgan fingerprint density at radius 1 is 1.38 bits per heavy atom. The van der Waals surface area contributed by atoms with E-state index >= 15 is 0 Å². The quantitative estimate of drug-likeness (QED) is 0.685. The van der Waals surface area contributed by atoms with Gasteiger partial charge in [-0.05, 0) is 6.07 Å². The van der Waals surface area contributed by atoms with E-state index in [-0.39, 0.29) is 6.23 Å². The number of fused-ring (bicyclic) bond motifs is 1. The maximum atomic E-state index is 5.76. The van der Waals surface area contributed by atoms with Crippen LogP contribution < -0.4 is 5.73 Å². The summed E-state index contributed by atoms with van der Waals surface area (Å²) < 4.78 is 5.06. The maximum Gasteiger partial charge on any atom is 0.133 e. The number of hydrogen-bond donors (Lipinski definition) is 2. The van der Waals surface area contributed by atoms with Gasteiger partial charge in [0.15, 0.2) is 0 Å². The SMILES string of the molecule is COC(N)c1c[nH]c2ccccc12. The summed E-state index contributed by atoms with van der Waals surface area (Å²) in [6, 6.07) is 8.02. The lowest BCUT2D eigenvalue weighted by Gasteiger charge is -2.07. The molecule has 1 aromatic heterocycles. The summed E-state index contributed by atoms with van der Waals surface area (Å²) in [7, 11) is 1.60. The van der Waals surface area contributed by atoms with Gasteiger partial charge in [-0.3, -0.25) is 0 Å². The molecule has 0 saturated heterocycles. The number of aromatic amines is 1. The molecular formula is C10H12N2O. The van der Waals surface area contributed by atoms with E-state index in [4.69, 9.17) is 10.5 Å². The van der Waals surface area contributed by atoms with Crippen LogP contribution in [0.5, 0.6) is 0 Å². The van der Waals surface area contributed by atoms with E-state index < -0.39 is 0 Å². The minimum absolute atomic E-state index is 0.351. The first-order chi connectivity index (χ1) is 6.33. The summed E-state index contributed by atoms with van der Waals surface area (Å²) in [6.07, 6.45) is 1.54. The number of methoxy groups -OCH3 is 1. The fourth-order valence-corrected chi connectivity index (χ4v) is 1.46. The van der Waals surface area contributed by atoms with Gasteiger partial charge in [-0.2, -0.15) is 0 Å². The first-order valence-electron chi connectivity index (χ1n) is 4.17. The smallest absolute Gasteiger partial charge is 0.133 e. The van der Waals surface area contributed by atoms with Crippen molar-refractivity contribution in [1.82, 2.24) is 4.98 Å². The Labute approximate surface area is 76.5 Å². The number of aromatic nitrogens is 1. The zero-order chi connectivity index (χ0) is 9.26. The maximum absolute atomic E-state index is 5.76. The van der Waals surface area contributed by atoms with Gasteiger partial charge in [-0.1, -0.05) is 18.2 Å². The lowest BCUT2D eigenvalue weighted by molar-refractivity contribution is 0.110. The summed E-state index contributed by atoms with van der Waals surface area (Å²) in [6.45, 7) is 0. The summed E-state index contributed by atoms with van der Waals surface area (Å²) in [5.74, 6) is 0. The van der Waals surface area contributed by atoms with Gasteiger partial charge in [0.2, 0.25) is 0 Å². The molecule has 0 aliphatic rings. The van der Waals surface area contributed by atoms with E-state index in [2.05, 4.69) is 4.98 Å². The van der Waals surface area contributed by atoms with E-state index in [1.54, 1.807) is 7.11 Å². The van der Waals surface area contributed by atoms with E-state index in [0.717, 1.165) is 16.5 Å². The second kappa shape index (κ2) is 3.20. The number of hydrogen-bond acceptors (Lipinski definition) is 2.